The molecule has 1 saturated heterocycles. The maximum absolute atomic E-state index is 14.9. The van der Waals surface area contributed by atoms with E-state index in [1.165, 1.54) is 0 Å². The first kappa shape index (κ1) is 23.1. The minimum absolute atomic E-state index is 0.0795. The summed E-state index contributed by atoms with van der Waals surface area (Å²) in [4.78, 5) is 33.3. The molecule has 33 heavy (non-hydrogen) atoms. The third kappa shape index (κ3) is 5.49. The molecule has 8 nitrogen and oxygen atoms in total. The minimum Gasteiger partial charge on any atom is -0.339 e. The highest BCUT2D eigenvalue weighted by Gasteiger charge is 2.47. The van der Waals surface area contributed by atoms with Crippen molar-refractivity contribution in [3.8, 4) is 6.07 Å². The first-order chi connectivity index (χ1) is 15.6. The third-order valence-electron chi connectivity index (χ3n) is 6.23. The van der Waals surface area contributed by atoms with Crippen LogP contribution in [0.2, 0.25) is 0 Å². The van der Waals surface area contributed by atoms with Gasteiger partial charge in [0.05, 0.1) is 6.07 Å². The van der Waals surface area contributed by atoms with Crippen LogP contribution in [-0.4, -0.2) is 60.0 Å². The van der Waals surface area contributed by atoms with E-state index in [1.54, 1.807) is 36.4 Å². The van der Waals surface area contributed by atoms with E-state index in [2.05, 4.69) is 21.0 Å². The molecule has 176 valence electrons. The van der Waals surface area contributed by atoms with Gasteiger partial charge in [0.1, 0.15) is 22.9 Å². The van der Waals surface area contributed by atoms with Crippen LogP contribution in [0.3, 0.4) is 0 Å². The molecule has 0 aromatic heterocycles. The highest BCUT2D eigenvalue weighted by atomic mass is 19.3. The normalized spacial score (nSPS) is 24.5. The SMILES string of the molecule is CN1CCC2(C=C(C(=O)N[C@@H](CC(F)(F)Cc3ccccc3)C(=O)NC3(C#N)CC3)NO2)C1. The monoisotopic (exact) mass is 459 g/mol. The van der Waals surface area contributed by atoms with Gasteiger partial charge >= 0.3 is 0 Å². The van der Waals surface area contributed by atoms with E-state index in [0.717, 1.165) is 6.54 Å². The predicted octanol–water partition coefficient (Wildman–Crippen LogP) is 1.40. The summed E-state index contributed by atoms with van der Waals surface area (Å²) in [5.41, 5.74) is 1.38. The Hall–Kier alpha value is -3.03. The van der Waals surface area contributed by atoms with Gasteiger partial charge in [0.2, 0.25) is 5.91 Å². The van der Waals surface area contributed by atoms with Gasteiger partial charge in [-0.2, -0.15) is 5.26 Å². The lowest BCUT2D eigenvalue weighted by molar-refractivity contribution is -0.131. The maximum Gasteiger partial charge on any atom is 0.270 e. The second-order valence-electron chi connectivity index (χ2n) is 9.25. The standard InChI is InChI=1S/C23H27F2N5O3/c1-30-10-9-22(15-30)12-18(29-33-22)19(31)27-17(20(32)28-21(14-26)7-8-21)13-23(24,25)11-16-5-3-2-4-6-16/h2-6,12,17,29H,7-11,13,15H2,1H3,(H,27,31)(H,28,32)/t17-,22?/m0/s1. The van der Waals surface area contributed by atoms with Crippen molar-refractivity contribution in [1.29, 1.82) is 5.26 Å². The van der Waals surface area contributed by atoms with Crippen LogP contribution in [0.4, 0.5) is 8.78 Å². The highest BCUT2D eigenvalue weighted by Crippen LogP contribution is 2.35. The number of hydrogen-bond acceptors (Lipinski definition) is 6. The minimum atomic E-state index is -3.26. The Morgan fingerprint density at radius 2 is 2.03 bits per heavy atom. The number of alkyl halides is 2. The Balaban J connectivity index is 1.48. The molecule has 1 saturated carbocycles. The van der Waals surface area contributed by atoms with Gasteiger partial charge in [-0.25, -0.2) is 8.78 Å². The second kappa shape index (κ2) is 8.72. The summed E-state index contributed by atoms with van der Waals surface area (Å²) in [5, 5.41) is 14.2. The fourth-order valence-corrected chi connectivity index (χ4v) is 4.21. The molecule has 10 heteroatoms. The first-order valence-electron chi connectivity index (χ1n) is 10.9. The van der Waals surface area contributed by atoms with Gasteiger partial charge in [-0.15, -0.1) is 0 Å². The lowest BCUT2D eigenvalue weighted by Crippen LogP contribution is -2.53. The van der Waals surface area contributed by atoms with Crippen LogP contribution >= 0.6 is 0 Å². The number of carbonyl (C=O) groups is 2. The number of carbonyl (C=O) groups excluding carboxylic acids is 2. The van der Waals surface area contributed by atoms with Crippen molar-refractivity contribution >= 4 is 11.8 Å². The van der Waals surface area contributed by atoms with E-state index < -0.39 is 47.8 Å². The van der Waals surface area contributed by atoms with E-state index in [9.17, 15) is 23.6 Å². The molecule has 2 atom stereocenters. The maximum atomic E-state index is 14.9. The van der Waals surface area contributed by atoms with Crippen LogP contribution in [-0.2, 0) is 20.8 Å². The van der Waals surface area contributed by atoms with E-state index in [4.69, 9.17) is 4.84 Å². The van der Waals surface area contributed by atoms with Crippen molar-refractivity contribution in [3.05, 3.63) is 47.7 Å². The summed E-state index contributed by atoms with van der Waals surface area (Å²) in [7, 11) is 1.93. The molecule has 2 aliphatic heterocycles. The average molecular weight is 459 g/mol. The highest BCUT2D eigenvalue weighted by molar-refractivity contribution is 5.97. The molecule has 1 aliphatic carbocycles. The number of halogens is 2. The molecule has 3 N–H and O–H groups in total. The van der Waals surface area contributed by atoms with Gasteiger partial charge in [0.15, 0.2) is 0 Å². The van der Waals surface area contributed by atoms with Gasteiger partial charge in [-0.3, -0.25) is 19.9 Å². The Labute approximate surface area is 190 Å². The molecule has 2 amide bonds. The Morgan fingerprint density at radius 1 is 1.30 bits per heavy atom. The zero-order valence-electron chi connectivity index (χ0n) is 18.4. The molecule has 1 aromatic rings. The molecule has 0 bridgehead atoms. The van der Waals surface area contributed by atoms with Crippen molar-refractivity contribution in [2.75, 3.05) is 20.1 Å². The van der Waals surface area contributed by atoms with Crippen LogP contribution in [0, 0.1) is 11.3 Å². The number of hydrogen-bond donors (Lipinski definition) is 3. The Morgan fingerprint density at radius 3 is 2.64 bits per heavy atom. The lowest BCUT2D eigenvalue weighted by Gasteiger charge is -2.25. The van der Waals surface area contributed by atoms with Crippen molar-refractivity contribution in [3.63, 3.8) is 0 Å². The second-order valence-corrected chi connectivity index (χ2v) is 9.25. The zero-order valence-corrected chi connectivity index (χ0v) is 18.4. The number of benzene rings is 1. The Bertz CT molecular complexity index is 990. The molecule has 1 unspecified atom stereocenters. The number of nitrogens with zero attached hydrogens (tertiary/aromatic N) is 2. The van der Waals surface area contributed by atoms with Crippen LogP contribution in [0.1, 0.15) is 31.2 Å². The van der Waals surface area contributed by atoms with Gasteiger partial charge < -0.3 is 15.5 Å². The number of rotatable bonds is 8. The molecular weight excluding hydrogens is 432 g/mol. The number of likely N-dealkylation sites (N-methyl/N-ethyl adjacent to an activating group) is 1. The van der Waals surface area contributed by atoms with Gasteiger partial charge in [-0.05, 0) is 37.9 Å². The number of nitrogens with one attached hydrogen (secondary N) is 3. The Kier molecular flexibility index (Phi) is 6.12. The van der Waals surface area contributed by atoms with Crippen LogP contribution in [0.15, 0.2) is 42.1 Å². The average Bonchev–Trinajstić information content (AvgIpc) is 3.26. The van der Waals surface area contributed by atoms with Crippen molar-refractivity contribution in [1.82, 2.24) is 21.0 Å². The van der Waals surface area contributed by atoms with Crippen LogP contribution in [0.5, 0.6) is 0 Å². The summed E-state index contributed by atoms with van der Waals surface area (Å²) in [5.74, 6) is -4.77. The third-order valence-corrected chi connectivity index (χ3v) is 6.23. The van der Waals surface area contributed by atoms with Crippen LogP contribution < -0.4 is 16.1 Å². The molecule has 2 fully saturated rings. The lowest BCUT2D eigenvalue weighted by atomic mass is 9.99. The summed E-state index contributed by atoms with van der Waals surface area (Å²) >= 11 is 0. The van der Waals surface area contributed by atoms with E-state index in [-0.39, 0.29) is 5.70 Å². The molecule has 1 spiro atoms. The van der Waals surface area contributed by atoms with Crippen molar-refractivity contribution in [2.45, 2.75) is 55.2 Å². The number of likely N-dealkylation sites (tertiary alicyclic amines) is 1. The van der Waals surface area contributed by atoms with Gasteiger partial charge in [0, 0.05) is 25.9 Å². The van der Waals surface area contributed by atoms with E-state index in [1.807, 2.05) is 13.1 Å². The molecule has 0 radical (unpaired) electrons. The summed E-state index contributed by atoms with van der Waals surface area (Å²) < 4.78 is 29.8. The number of amides is 2. The molecule has 1 aromatic carbocycles. The summed E-state index contributed by atoms with van der Waals surface area (Å²) in [6.07, 6.45) is 1.75. The number of nitriles is 1. The predicted molar refractivity (Wildman–Crippen MR) is 115 cm³/mol. The van der Waals surface area contributed by atoms with E-state index in [0.29, 0.717) is 31.4 Å². The van der Waals surface area contributed by atoms with Crippen LogP contribution in [0.25, 0.3) is 0 Å². The largest absolute Gasteiger partial charge is 0.339 e. The van der Waals surface area contributed by atoms with Gasteiger partial charge in [-0.1, -0.05) is 30.3 Å². The quantitative estimate of drug-likeness (QED) is 0.543. The topological polar surface area (TPSA) is 106 Å². The van der Waals surface area contributed by atoms with Crippen molar-refractivity contribution in [2.24, 2.45) is 0 Å². The molecule has 2 heterocycles. The fraction of sp³-hybridized carbons (Fsp3) is 0.522. The van der Waals surface area contributed by atoms with E-state index >= 15 is 0 Å². The first-order valence-corrected chi connectivity index (χ1v) is 10.9. The fourth-order valence-electron chi connectivity index (χ4n) is 4.21. The zero-order chi connectivity index (χ0) is 23.7. The molecule has 4 rings (SSSR count). The molecular formula is C23H27F2N5O3. The summed E-state index contributed by atoms with van der Waals surface area (Å²) in [6.45, 7) is 1.38. The summed E-state index contributed by atoms with van der Waals surface area (Å²) in [6, 6.07) is 8.71. The number of hydroxylamine groups is 1. The smallest absolute Gasteiger partial charge is 0.270 e. The van der Waals surface area contributed by atoms with Gasteiger partial charge in [0.25, 0.3) is 11.8 Å². The van der Waals surface area contributed by atoms with Crippen molar-refractivity contribution < 1.29 is 23.2 Å². The molecule has 3 aliphatic rings.